The summed E-state index contributed by atoms with van der Waals surface area (Å²) in [5.41, 5.74) is 1.03. The molecule has 0 aliphatic carbocycles. The molecule has 0 fully saturated rings. The molecule has 0 aliphatic rings. The average molecular weight is 399 g/mol. The lowest BCUT2D eigenvalue weighted by atomic mass is 10.2. The maximum absolute atomic E-state index is 12.0. The van der Waals surface area contributed by atoms with Crippen LogP contribution < -0.4 is 14.8 Å². The van der Waals surface area contributed by atoms with Crippen LogP contribution in [0.15, 0.2) is 58.2 Å². The number of carbonyl (C=O) groups is 2. The number of aromatic nitrogens is 2. The van der Waals surface area contributed by atoms with Crippen molar-refractivity contribution in [2.45, 2.75) is 5.22 Å². The molecule has 2 amide bonds. The molecule has 144 valence electrons. The van der Waals surface area contributed by atoms with Crippen LogP contribution in [0.2, 0.25) is 0 Å². The number of rotatable bonds is 7. The van der Waals surface area contributed by atoms with Gasteiger partial charge in [0.2, 0.25) is 11.8 Å². The lowest BCUT2D eigenvalue weighted by Crippen LogP contribution is -2.31. The van der Waals surface area contributed by atoms with E-state index in [1.807, 2.05) is 0 Å². The van der Waals surface area contributed by atoms with Crippen molar-refractivity contribution in [1.82, 2.24) is 15.5 Å². The van der Waals surface area contributed by atoms with Crippen LogP contribution in [0, 0.1) is 0 Å². The van der Waals surface area contributed by atoms with Crippen LogP contribution in [0.4, 0.5) is 0 Å². The van der Waals surface area contributed by atoms with E-state index in [4.69, 9.17) is 13.9 Å². The third kappa shape index (κ3) is 4.89. The first kappa shape index (κ1) is 19.4. The summed E-state index contributed by atoms with van der Waals surface area (Å²) in [4.78, 5) is 23.9. The first-order valence-electron chi connectivity index (χ1n) is 8.18. The zero-order valence-corrected chi connectivity index (χ0v) is 16.0. The summed E-state index contributed by atoms with van der Waals surface area (Å²) in [7, 11) is 3.09. The van der Waals surface area contributed by atoms with Crippen molar-refractivity contribution in [2.75, 3.05) is 20.0 Å². The Morgan fingerprint density at radius 2 is 1.71 bits per heavy atom. The van der Waals surface area contributed by atoms with Gasteiger partial charge in [-0.05, 0) is 24.3 Å². The zero-order chi connectivity index (χ0) is 19.9. The molecule has 0 aliphatic heterocycles. The fraction of sp³-hybridized carbons (Fsp3) is 0.158. The number of benzene rings is 2. The van der Waals surface area contributed by atoms with E-state index >= 15 is 0 Å². The standard InChI is InChI=1S/C19H17N3O5S/c1-25-14-8-13(9-15(10-14)26-2)18-21-22-19(27-18)28-11-16(23)20-17(24)12-6-4-3-5-7-12/h3-10H,11H2,1-2H3,(H,20,23,24). The third-order valence-corrected chi connectivity index (χ3v) is 4.44. The van der Waals surface area contributed by atoms with Gasteiger partial charge in [0, 0.05) is 17.2 Å². The van der Waals surface area contributed by atoms with Crippen LogP contribution in [-0.2, 0) is 4.79 Å². The van der Waals surface area contributed by atoms with Crippen LogP contribution in [0.3, 0.4) is 0 Å². The number of hydrogen-bond donors (Lipinski definition) is 1. The Labute approximate surface area is 165 Å². The molecule has 0 radical (unpaired) electrons. The van der Waals surface area contributed by atoms with Crippen LogP contribution in [-0.4, -0.2) is 42.0 Å². The minimum absolute atomic E-state index is 0.0400. The Bertz CT molecular complexity index is 952. The van der Waals surface area contributed by atoms with Crippen molar-refractivity contribution in [1.29, 1.82) is 0 Å². The Hall–Kier alpha value is -3.33. The topological polar surface area (TPSA) is 104 Å². The normalized spacial score (nSPS) is 10.4. The molecular weight excluding hydrogens is 382 g/mol. The van der Waals surface area contributed by atoms with Gasteiger partial charge in [0.1, 0.15) is 11.5 Å². The quantitative estimate of drug-likeness (QED) is 0.605. The number of hydrogen-bond acceptors (Lipinski definition) is 8. The summed E-state index contributed by atoms with van der Waals surface area (Å²) in [5.74, 6) is 0.478. The lowest BCUT2D eigenvalue weighted by molar-refractivity contribution is -0.117. The van der Waals surface area contributed by atoms with Gasteiger partial charge in [-0.3, -0.25) is 14.9 Å². The number of imide groups is 1. The van der Waals surface area contributed by atoms with Gasteiger partial charge >= 0.3 is 0 Å². The van der Waals surface area contributed by atoms with Crippen LogP contribution >= 0.6 is 11.8 Å². The lowest BCUT2D eigenvalue weighted by Gasteiger charge is -2.05. The zero-order valence-electron chi connectivity index (χ0n) is 15.2. The SMILES string of the molecule is COc1cc(OC)cc(-c2nnc(SCC(=O)NC(=O)c3ccccc3)o2)c1. The summed E-state index contributed by atoms with van der Waals surface area (Å²) in [6, 6.07) is 13.7. The Morgan fingerprint density at radius 1 is 1.04 bits per heavy atom. The minimum Gasteiger partial charge on any atom is -0.497 e. The van der Waals surface area contributed by atoms with Gasteiger partial charge in [0.05, 0.1) is 20.0 Å². The van der Waals surface area contributed by atoms with Crippen LogP contribution in [0.25, 0.3) is 11.5 Å². The van der Waals surface area contributed by atoms with Crippen molar-refractivity contribution in [3.05, 3.63) is 54.1 Å². The monoisotopic (exact) mass is 399 g/mol. The number of ether oxygens (including phenoxy) is 2. The van der Waals surface area contributed by atoms with Gasteiger partial charge in [0.15, 0.2) is 0 Å². The highest BCUT2D eigenvalue weighted by atomic mass is 32.2. The van der Waals surface area contributed by atoms with E-state index in [2.05, 4.69) is 15.5 Å². The second-order valence-corrected chi connectivity index (χ2v) is 6.43. The van der Waals surface area contributed by atoms with Gasteiger partial charge in [-0.15, -0.1) is 10.2 Å². The summed E-state index contributed by atoms with van der Waals surface area (Å²) < 4.78 is 16.0. The molecule has 1 N–H and O–H groups in total. The molecule has 9 heteroatoms. The maximum atomic E-state index is 12.0. The number of carbonyl (C=O) groups excluding carboxylic acids is 2. The summed E-state index contributed by atoms with van der Waals surface area (Å²) in [6.07, 6.45) is 0. The summed E-state index contributed by atoms with van der Waals surface area (Å²) >= 11 is 1.03. The average Bonchev–Trinajstić information content (AvgIpc) is 3.21. The number of nitrogens with one attached hydrogen (secondary N) is 1. The second kappa shape index (κ2) is 9.05. The fourth-order valence-corrected chi connectivity index (χ4v) is 2.83. The highest BCUT2D eigenvalue weighted by molar-refractivity contribution is 7.99. The number of thioether (sulfide) groups is 1. The van der Waals surface area contributed by atoms with E-state index < -0.39 is 11.8 Å². The molecule has 2 aromatic carbocycles. The minimum atomic E-state index is -0.458. The molecular formula is C19H17N3O5S. The van der Waals surface area contributed by atoms with Crippen molar-refractivity contribution in [3.8, 4) is 23.0 Å². The molecule has 0 saturated carbocycles. The Kier molecular flexibility index (Phi) is 6.28. The molecule has 3 aromatic rings. The molecule has 0 bridgehead atoms. The van der Waals surface area contributed by atoms with Crippen molar-refractivity contribution in [2.24, 2.45) is 0 Å². The van der Waals surface area contributed by atoms with E-state index in [0.717, 1.165) is 11.8 Å². The van der Waals surface area contributed by atoms with Crippen molar-refractivity contribution < 1.29 is 23.5 Å². The highest BCUT2D eigenvalue weighted by Gasteiger charge is 2.15. The predicted molar refractivity (Wildman–Crippen MR) is 102 cm³/mol. The van der Waals surface area contributed by atoms with Crippen LogP contribution in [0.5, 0.6) is 11.5 Å². The maximum Gasteiger partial charge on any atom is 0.277 e. The molecule has 8 nitrogen and oxygen atoms in total. The number of amides is 2. The van der Waals surface area contributed by atoms with Gasteiger partial charge in [-0.1, -0.05) is 30.0 Å². The van der Waals surface area contributed by atoms with Crippen molar-refractivity contribution in [3.63, 3.8) is 0 Å². The van der Waals surface area contributed by atoms with Gasteiger partial charge in [0.25, 0.3) is 11.1 Å². The van der Waals surface area contributed by atoms with E-state index in [1.165, 1.54) is 0 Å². The molecule has 0 atom stereocenters. The van der Waals surface area contributed by atoms with Gasteiger partial charge < -0.3 is 13.9 Å². The molecule has 0 saturated heterocycles. The summed E-state index contributed by atoms with van der Waals surface area (Å²) in [6.45, 7) is 0. The molecule has 0 unspecified atom stereocenters. The highest BCUT2D eigenvalue weighted by Crippen LogP contribution is 2.30. The molecule has 3 rings (SSSR count). The fourth-order valence-electron chi connectivity index (χ4n) is 2.27. The van der Waals surface area contributed by atoms with E-state index in [0.29, 0.717) is 22.6 Å². The summed E-state index contributed by atoms with van der Waals surface area (Å²) in [5, 5.41) is 10.4. The van der Waals surface area contributed by atoms with Gasteiger partial charge in [-0.2, -0.15) is 0 Å². The first-order valence-corrected chi connectivity index (χ1v) is 9.16. The molecule has 28 heavy (non-hydrogen) atoms. The molecule has 0 spiro atoms. The Balaban J connectivity index is 1.60. The first-order chi connectivity index (χ1) is 13.6. The Morgan fingerprint density at radius 3 is 2.36 bits per heavy atom. The smallest absolute Gasteiger partial charge is 0.277 e. The van der Waals surface area contributed by atoms with Crippen molar-refractivity contribution >= 4 is 23.6 Å². The van der Waals surface area contributed by atoms with Crippen LogP contribution in [0.1, 0.15) is 10.4 Å². The second-order valence-electron chi connectivity index (χ2n) is 5.51. The van der Waals surface area contributed by atoms with E-state index in [1.54, 1.807) is 62.8 Å². The van der Waals surface area contributed by atoms with E-state index in [-0.39, 0.29) is 16.9 Å². The third-order valence-electron chi connectivity index (χ3n) is 3.62. The largest absolute Gasteiger partial charge is 0.497 e. The van der Waals surface area contributed by atoms with Gasteiger partial charge in [-0.25, -0.2) is 0 Å². The molecule has 1 aromatic heterocycles. The number of nitrogens with zero attached hydrogens (tertiary/aromatic N) is 2. The van der Waals surface area contributed by atoms with E-state index in [9.17, 15) is 9.59 Å². The molecule has 1 heterocycles. The predicted octanol–water partition coefficient (Wildman–Crippen LogP) is 2.80. The number of methoxy groups -OCH3 is 2.